The number of nitrogens with one attached hydrogen (secondary N) is 2. The van der Waals surface area contributed by atoms with E-state index in [1.807, 2.05) is 9.80 Å². The molecule has 0 unspecified atom stereocenters. The van der Waals surface area contributed by atoms with Gasteiger partial charge in [0.25, 0.3) is 20.2 Å². The van der Waals surface area contributed by atoms with Crippen LogP contribution in [0.15, 0.2) is 82.6 Å². The van der Waals surface area contributed by atoms with Crippen molar-refractivity contribution in [3.63, 3.8) is 0 Å². The lowest BCUT2D eigenvalue weighted by Crippen LogP contribution is -2.36. The molecule has 0 aliphatic carbocycles. The summed E-state index contributed by atoms with van der Waals surface area (Å²) in [6.45, 7) is 8.68. The van der Waals surface area contributed by atoms with E-state index in [0.717, 1.165) is 12.1 Å². The number of amides is 4. The van der Waals surface area contributed by atoms with E-state index in [0.29, 0.717) is 75.4 Å². The van der Waals surface area contributed by atoms with E-state index < -0.39 is 54.4 Å². The van der Waals surface area contributed by atoms with E-state index in [-0.39, 0.29) is 60.4 Å². The molecule has 4 amide bonds. The molecule has 4 aromatic carbocycles. The standard InChI is InChI=1S/2C16H20FN3O4.C10H8O6S2/c2*1-11(21)18-9-13-10-20(16(22)24-13)12-2-3-15(14(17)8-12)19-4-6-23-7-5-19;11-17(12,13)9-5-1-3-7-8(9)4-2-6-10(7)18(14,15)16/h2*2-3,8,13H,4-7,9-10H2,1H3,(H,18,21);1-6H,(H,11,12,13)(H,14,15,16)/t2*13-;/m00./s1. The Morgan fingerprint density at radius 1 is 0.621 bits per heavy atom. The van der Waals surface area contributed by atoms with Crippen molar-refractivity contribution in [2.45, 2.75) is 35.8 Å². The summed E-state index contributed by atoms with van der Waals surface area (Å²) >= 11 is 0. The van der Waals surface area contributed by atoms with E-state index in [2.05, 4.69) is 10.6 Å². The number of nitrogens with zero attached hydrogens (tertiary/aromatic N) is 4. The van der Waals surface area contributed by atoms with E-state index >= 15 is 0 Å². The summed E-state index contributed by atoms with van der Waals surface area (Å²) in [6.07, 6.45) is -1.96. The second-order valence-electron chi connectivity index (χ2n) is 15.1. The van der Waals surface area contributed by atoms with E-state index in [1.165, 1.54) is 60.0 Å². The second kappa shape index (κ2) is 21.4. The van der Waals surface area contributed by atoms with Gasteiger partial charge in [-0.25, -0.2) is 18.4 Å². The van der Waals surface area contributed by atoms with Crippen molar-refractivity contribution < 1.29 is 72.8 Å². The maximum absolute atomic E-state index is 14.4. The van der Waals surface area contributed by atoms with E-state index in [4.69, 9.17) is 28.1 Å². The number of carbonyl (C=O) groups excluding carboxylic acids is 4. The molecule has 0 bridgehead atoms. The van der Waals surface area contributed by atoms with Gasteiger partial charge in [-0.15, -0.1) is 0 Å². The predicted octanol–water partition coefficient (Wildman–Crippen LogP) is 3.58. The molecule has 356 valence electrons. The lowest BCUT2D eigenvalue weighted by Gasteiger charge is -2.29. The summed E-state index contributed by atoms with van der Waals surface area (Å²) in [5.74, 6) is -1.14. The molecule has 4 aromatic rings. The lowest BCUT2D eigenvalue weighted by molar-refractivity contribution is -0.120. The number of halogens is 2. The minimum atomic E-state index is -4.47. The van der Waals surface area contributed by atoms with Gasteiger partial charge in [0, 0.05) is 50.8 Å². The molecule has 2 atom stereocenters. The number of rotatable bonds is 10. The normalized spacial score (nSPS) is 18.7. The van der Waals surface area contributed by atoms with Crippen LogP contribution in [0.1, 0.15) is 13.8 Å². The minimum Gasteiger partial charge on any atom is -0.442 e. The molecule has 0 saturated carbocycles. The number of hydrogen-bond acceptors (Lipinski definition) is 14. The number of morpholine rings is 2. The number of fused-ring (bicyclic) bond motifs is 1. The quantitative estimate of drug-likeness (QED) is 0.166. The van der Waals surface area contributed by atoms with Crippen LogP contribution in [0.25, 0.3) is 10.8 Å². The SMILES string of the molecule is CC(=O)NC[C@H]1CN(c2ccc(N3CCOCC3)c(F)c2)C(=O)O1.CC(=O)NC[C@H]1CN(c2ccc(N3CCOCC3)c(F)c2)C(=O)O1.O=S(=O)(O)c1cccc2c(S(=O)(=O)O)cccc12. The first-order valence-corrected chi connectivity index (χ1v) is 23.3. The molecule has 4 aliphatic rings. The Morgan fingerprint density at radius 3 is 1.30 bits per heavy atom. The fraction of sp³-hybridized carbons (Fsp3) is 0.381. The molecular formula is C42H48F2N6O14S2. The monoisotopic (exact) mass is 962 g/mol. The highest BCUT2D eigenvalue weighted by Gasteiger charge is 2.34. The third kappa shape index (κ3) is 12.6. The molecule has 4 fully saturated rings. The third-order valence-corrected chi connectivity index (χ3v) is 12.3. The number of cyclic esters (lactones) is 2. The molecule has 66 heavy (non-hydrogen) atoms. The Bertz CT molecular complexity index is 2490. The molecule has 20 nitrogen and oxygen atoms in total. The topological polar surface area (TPSA) is 251 Å². The Kier molecular flexibility index (Phi) is 16.0. The van der Waals surface area contributed by atoms with Gasteiger partial charge >= 0.3 is 12.2 Å². The van der Waals surface area contributed by atoms with Crippen molar-refractivity contribution in [1.82, 2.24) is 10.6 Å². The van der Waals surface area contributed by atoms with Gasteiger partial charge in [-0.1, -0.05) is 24.3 Å². The van der Waals surface area contributed by atoms with Crippen LogP contribution >= 0.6 is 0 Å². The van der Waals surface area contributed by atoms with Crippen LogP contribution in [0.5, 0.6) is 0 Å². The first kappa shape index (κ1) is 49.3. The molecule has 4 heterocycles. The third-order valence-electron chi connectivity index (χ3n) is 10.5. The number of carbonyl (C=O) groups is 4. The Morgan fingerprint density at radius 2 is 0.985 bits per heavy atom. The molecule has 4 saturated heterocycles. The van der Waals surface area contributed by atoms with Crippen LogP contribution in [0.2, 0.25) is 0 Å². The van der Waals surface area contributed by atoms with Gasteiger partial charge in [-0.3, -0.25) is 28.5 Å². The summed E-state index contributed by atoms with van der Waals surface area (Å²) in [6, 6.07) is 17.0. The molecule has 4 N–H and O–H groups in total. The summed E-state index contributed by atoms with van der Waals surface area (Å²) < 4.78 is 112. The fourth-order valence-electron chi connectivity index (χ4n) is 7.34. The van der Waals surface area contributed by atoms with Crippen molar-refractivity contribution in [2.24, 2.45) is 0 Å². The average molecular weight is 963 g/mol. The Hall–Kier alpha value is -6.18. The smallest absolute Gasteiger partial charge is 0.414 e. The number of benzene rings is 4. The lowest BCUT2D eigenvalue weighted by atomic mass is 10.1. The fourth-order valence-corrected chi connectivity index (χ4v) is 8.76. The second-order valence-corrected chi connectivity index (χ2v) is 17.9. The maximum atomic E-state index is 14.4. The van der Waals surface area contributed by atoms with Crippen molar-refractivity contribution >= 4 is 77.8 Å². The maximum Gasteiger partial charge on any atom is 0.414 e. The molecule has 0 aromatic heterocycles. The summed E-state index contributed by atoms with van der Waals surface area (Å²) in [5, 5.41) is 5.26. The van der Waals surface area contributed by atoms with Crippen LogP contribution < -0.4 is 30.2 Å². The van der Waals surface area contributed by atoms with Gasteiger partial charge in [-0.05, 0) is 48.5 Å². The highest BCUT2D eigenvalue weighted by molar-refractivity contribution is 7.86. The largest absolute Gasteiger partial charge is 0.442 e. The van der Waals surface area contributed by atoms with Gasteiger partial charge in [0.15, 0.2) is 0 Å². The first-order chi connectivity index (χ1) is 31.3. The number of anilines is 4. The van der Waals surface area contributed by atoms with E-state index in [9.17, 15) is 44.8 Å². The predicted molar refractivity (Wildman–Crippen MR) is 235 cm³/mol. The first-order valence-electron chi connectivity index (χ1n) is 20.5. The Labute approximate surface area is 378 Å². The summed E-state index contributed by atoms with van der Waals surface area (Å²) in [4.78, 5) is 51.6. The van der Waals surface area contributed by atoms with E-state index in [1.54, 1.807) is 24.3 Å². The van der Waals surface area contributed by atoms with Gasteiger partial charge in [-0.2, -0.15) is 16.8 Å². The molecule has 0 radical (unpaired) electrons. The van der Waals surface area contributed by atoms with Crippen molar-refractivity contribution in [3.05, 3.63) is 84.4 Å². The average Bonchev–Trinajstić information content (AvgIpc) is 3.85. The highest BCUT2D eigenvalue weighted by Crippen LogP contribution is 2.31. The van der Waals surface area contributed by atoms with Crippen molar-refractivity contribution in [2.75, 3.05) is 98.4 Å². The zero-order chi connectivity index (χ0) is 47.8. The zero-order valence-electron chi connectivity index (χ0n) is 35.7. The molecular weight excluding hydrogens is 915 g/mol. The molecule has 4 aliphatic heterocycles. The van der Waals surface area contributed by atoms with Gasteiger partial charge in [0.1, 0.15) is 33.6 Å². The summed E-state index contributed by atoms with van der Waals surface area (Å²) in [7, 11) is -8.94. The van der Waals surface area contributed by atoms with Crippen molar-refractivity contribution in [3.8, 4) is 0 Å². The van der Waals surface area contributed by atoms with Crippen LogP contribution in [0.3, 0.4) is 0 Å². The minimum absolute atomic E-state index is 0.0233. The van der Waals surface area contributed by atoms with Crippen molar-refractivity contribution in [1.29, 1.82) is 0 Å². The number of hydrogen-bond donors (Lipinski definition) is 4. The van der Waals surface area contributed by atoms with Crippen LogP contribution in [0.4, 0.5) is 41.1 Å². The molecule has 8 rings (SSSR count). The number of ether oxygens (including phenoxy) is 4. The van der Waals surface area contributed by atoms with Gasteiger partial charge in [0.05, 0.1) is 75.4 Å². The van der Waals surface area contributed by atoms with Crippen LogP contribution in [-0.2, 0) is 48.8 Å². The zero-order valence-corrected chi connectivity index (χ0v) is 37.4. The molecule has 0 spiro atoms. The Balaban J connectivity index is 0.000000166. The van der Waals surface area contributed by atoms with Gasteiger partial charge < -0.3 is 39.4 Å². The van der Waals surface area contributed by atoms with Crippen LogP contribution in [-0.4, -0.2) is 141 Å². The van der Waals surface area contributed by atoms with Crippen LogP contribution in [0, 0.1) is 11.6 Å². The highest BCUT2D eigenvalue weighted by atomic mass is 32.2. The molecule has 24 heteroatoms. The summed E-state index contributed by atoms with van der Waals surface area (Å²) in [5.41, 5.74) is 1.90. The van der Waals surface area contributed by atoms with Gasteiger partial charge in [0.2, 0.25) is 11.8 Å².